The van der Waals surface area contributed by atoms with Crippen molar-refractivity contribution in [2.24, 2.45) is 11.8 Å². The SMILES string of the molecule is CCCC(C(=O)O)N1C2CC3CC(C2)CC1C3. The zero-order chi connectivity index (χ0) is 12.0. The van der Waals surface area contributed by atoms with Crippen molar-refractivity contribution >= 4 is 5.97 Å². The van der Waals surface area contributed by atoms with E-state index in [1.54, 1.807) is 0 Å². The van der Waals surface area contributed by atoms with Gasteiger partial charge in [-0.15, -0.1) is 0 Å². The average Bonchev–Trinajstić information content (AvgIpc) is 2.26. The highest BCUT2D eigenvalue weighted by molar-refractivity contribution is 5.73. The molecule has 2 heterocycles. The minimum atomic E-state index is -0.598. The molecule has 0 radical (unpaired) electrons. The third-order valence-corrected chi connectivity index (χ3v) is 5.14. The second-order valence-electron chi connectivity index (χ2n) is 6.31. The minimum Gasteiger partial charge on any atom is -0.480 e. The topological polar surface area (TPSA) is 40.5 Å². The van der Waals surface area contributed by atoms with E-state index in [0.717, 1.165) is 24.7 Å². The quantitative estimate of drug-likeness (QED) is 0.816. The van der Waals surface area contributed by atoms with Crippen molar-refractivity contribution in [2.45, 2.75) is 70.0 Å². The fourth-order valence-electron chi connectivity index (χ4n) is 4.75. The number of rotatable bonds is 4. The van der Waals surface area contributed by atoms with Crippen LogP contribution in [-0.2, 0) is 4.79 Å². The van der Waals surface area contributed by atoms with Gasteiger partial charge >= 0.3 is 5.97 Å². The molecule has 17 heavy (non-hydrogen) atoms. The summed E-state index contributed by atoms with van der Waals surface area (Å²) >= 11 is 0. The van der Waals surface area contributed by atoms with Gasteiger partial charge in [0.05, 0.1) is 0 Å². The predicted octanol–water partition coefficient (Wildman–Crippen LogP) is 2.50. The summed E-state index contributed by atoms with van der Waals surface area (Å²) < 4.78 is 0. The molecule has 3 heteroatoms. The molecular weight excluding hydrogens is 214 g/mol. The van der Waals surface area contributed by atoms with E-state index in [2.05, 4.69) is 11.8 Å². The van der Waals surface area contributed by atoms with Crippen molar-refractivity contribution in [3.05, 3.63) is 0 Å². The molecule has 3 nitrogen and oxygen atoms in total. The number of hydrogen-bond donors (Lipinski definition) is 1. The molecule has 0 amide bonds. The minimum absolute atomic E-state index is 0.213. The lowest BCUT2D eigenvalue weighted by Gasteiger charge is -2.58. The Labute approximate surface area is 103 Å². The van der Waals surface area contributed by atoms with Crippen LogP contribution in [-0.4, -0.2) is 34.1 Å². The molecule has 2 saturated heterocycles. The smallest absolute Gasteiger partial charge is 0.320 e. The number of carboxylic acid groups (broad SMARTS) is 1. The largest absolute Gasteiger partial charge is 0.480 e. The van der Waals surface area contributed by atoms with Gasteiger partial charge < -0.3 is 5.11 Å². The number of aliphatic carboxylic acids is 1. The lowest BCUT2D eigenvalue weighted by molar-refractivity contribution is -0.154. The molecule has 2 saturated carbocycles. The molecule has 2 aliphatic carbocycles. The summed E-state index contributed by atoms with van der Waals surface area (Å²) in [5.41, 5.74) is 0. The fourth-order valence-corrected chi connectivity index (χ4v) is 4.75. The van der Waals surface area contributed by atoms with Gasteiger partial charge in [-0.3, -0.25) is 9.69 Å². The Balaban J connectivity index is 1.80. The van der Waals surface area contributed by atoms with E-state index in [1.165, 1.54) is 32.1 Å². The highest BCUT2D eigenvalue weighted by Crippen LogP contribution is 2.50. The van der Waals surface area contributed by atoms with Crippen molar-refractivity contribution in [1.82, 2.24) is 4.90 Å². The van der Waals surface area contributed by atoms with E-state index in [1.807, 2.05) is 0 Å². The summed E-state index contributed by atoms with van der Waals surface area (Å²) in [7, 11) is 0. The molecule has 0 spiro atoms. The molecule has 0 aromatic rings. The molecule has 0 aromatic heterocycles. The average molecular weight is 237 g/mol. The van der Waals surface area contributed by atoms with Gasteiger partial charge in [0.1, 0.15) is 6.04 Å². The summed E-state index contributed by atoms with van der Waals surface area (Å²) in [5, 5.41) is 9.45. The summed E-state index contributed by atoms with van der Waals surface area (Å²) in [4.78, 5) is 13.9. The Morgan fingerprint density at radius 3 is 2.12 bits per heavy atom. The first-order chi connectivity index (χ1) is 8.19. The number of carboxylic acids is 1. The Kier molecular flexibility index (Phi) is 2.89. The Morgan fingerprint density at radius 1 is 1.18 bits per heavy atom. The van der Waals surface area contributed by atoms with Crippen LogP contribution in [0.1, 0.15) is 51.9 Å². The molecule has 2 aliphatic heterocycles. The molecule has 4 fully saturated rings. The Morgan fingerprint density at radius 2 is 1.71 bits per heavy atom. The van der Waals surface area contributed by atoms with Crippen LogP contribution < -0.4 is 0 Å². The Hall–Kier alpha value is -0.570. The van der Waals surface area contributed by atoms with E-state index in [0.29, 0.717) is 12.1 Å². The van der Waals surface area contributed by atoms with Gasteiger partial charge in [0.25, 0.3) is 0 Å². The third-order valence-electron chi connectivity index (χ3n) is 5.14. The lowest BCUT2D eigenvalue weighted by Crippen LogP contribution is -2.62. The standard InChI is InChI=1S/C14H23NO2/c1-2-3-13(14(16)17)15-11-5-9-4-10(7-11)8-12(15)6-9/h9-13H,2-8H2,1H3,(H,16,17). The maximum absolute atomic E-state index is 11.5. The van der Waals surface area contributed by atoms with Crippen molar-refractivity contribution < 1.29 is 9.90 Å². The molecule has 4 aliphatic rings. The maximum Gasteiger partial charge on any atom is 0.320 e. The molecular formula is C14H23NO2. The van der Waals surface area contributed by atoms with Gasteiger partial charge in [0, 0.05) is 12.1 Å². The first-order valence-corrected chi connectivity index (χ1v) is 7.19. The second kappa shape index (κ2) is 4.27. The number of nitrogens with zero attached hydrogens (tertiary/aromatic N) is 1. The first kappa shape index (κ1) is 11.5. The number of hydrogen-bond acceptors (Lipinski definition) is 2. The van der Waals surface area contributed by atoms with Gasteiger partial charge in [0.2, 0.25) is 0 Å². The summed E-state index contributed by atoms with van der Waals surface area (Å²) in [6.07, 6.45) is 8.27. The summed E-state index contributed by atoms with van der Waals surface area (Å²) in [6.45, 7) is 2.09. The van der Waals surface area contributed by atoms with E-state index in [-0.39, 0.29) is 6.04 Å². The van der Waals surface area contributed by atoms with Crippen LogP contribution in [0, 0.1) is 11.8 Å². The molecule has 4 rings (SSSR count). The summed E-state index contributed by atoms with van der Waals surface area (Å²) in [6, 6.07) is 0.952. The highest BCUT2D eigenvalue weighted by Gasteiger charge is 2.49. The van der Waals surface area contributed by atoms with Gasteiger partial charge in [-0.1, -0.05) is 13.3 Å². The van der Waals surface area contributed by atoms with Gasteiger partial charge in [-0.2, -0.15) is 0 Å². The van der Waals surface area contributed by atoms with E-state index >= 15 is 0 Å². The normalized spacial score (nSPS) is 41.7. The predicted molar refractivity (Wildman–Crippen MR) is 65.8 cm³/mol. The molecule has 4 bridgehead atoms. The second-order valence-corrected chi connectivity index (χ2v) is 6.31. The molecule has 1 unspecified atom stereocenters. The maximum atomic E-state index is 11.5. The molecule has 1 atom stereocenters. The summed E-state index contributed by atoms with van der Waals surface area (Å²) in [5.74, 6) is 1.22. The third kappa shape index (κ3) is 1.88. The van der Waals surface area contributed by atoms with Gasteiger partial charge in [0.15, 0.2) is 0 Å². The molecule has 96 valence electrons. The van der Waals surface area contributed by atoms with E-state index < -0.39 is 5.97 Å². The van der Waals surface area contributed by atoms with E-state index in [4.69, 9.17) is 0 Å². The van der Waals surface area contributed by atoms with Crippen LogP contribution in [0.5, 0.6) is 0 Å². The van der Waals surface area contributed by atoms with Crippen LogP contribution in [0.25, 0.3) is 0 Å². The number of piperidine rings is 2. The highest BCUT2D eigenvalue weighted by atomic mass is 16.4. The van der Waals surface area contributed by atoms with Crippen LogP contribution in [0.3, 0.4) is 0 Å². The fraction of sp³-hybridized carbons (Fsp3) is 0.929. The van der Waals surface area contributed by atoms with E-state index in [9.17, 15) is 9.90 Å². The van der Waals surface area contributed by atoms with Crippen molar-refractivity contribution in [3.63, 3.8) is 0 Å². The zero-order valence-electron chi connectivity index (χ0n) is 10.6. The van der Waals surface area contributed by atoms with Gasteiger partial charge in [-0.25, -0.2) is 0 Å². The van der Waals surface area contributed by atoms with Crippen LogP contribution >= 0.6 is 0 Å². The van der Waals surface area contributed by atoms with Crippen LogP contribution in [0.2, 0.25) is 0 Å². The first-order valence-electron chi connectivity index (χ1n) is 7.19. The van der Waals surface area contributed by atoms with Crippen molar-refractivity contribution in [1.29, 1.82) is 0 Å². The molecule has 0 aromatic carbocycles. The van der Waals surface area contributed by atoms with Crippen molar-refractivity contribution in [2.75, 3.05) is 0 Å². The monoisotopic (exact) mass is 237 g/mol. The Bertz CT molecular complexity index is 287. The number of carbonyl (C=O) groups is 1. The molecule has 1 N–H and O–H groups in total. The van der Waals surface area contributed by atoms with Crippen LogP contribution in [0.4, 0.5) is 0 Å². The lowest BCUT2D eigenvalue weighted by atomic mass is 9.63. The zero-order valence-corrected chi connectivity index (χ0v) is 10.6. The van der Waals surface area contributed by atoms with Crippen LogP contribution in [0.15, 0.2) is 0 Å². The van der Waals surface area contributed by atoms with Crippen molar-refractivity contribution in [3.8, 4) is 0 Å². The van der Waals surface area contributed by atoms with Gasteiger partial charge in [-0.05, 0) is 50.4 Å².